The van der Waals surface area contributed by atoms with Crippen molar-refractivity contribution >= 4 is 11.8 Å². The largest absolute Gasteiger partial charge is 0.478 e. The van der Waals surface area contributed by atoms with Crippen LogP contribution in [0.2, 0.25) is 0 Å². The number of azo groups is 1. The Balaban J connectivity index is 1.68. The van der Waals surface area contributed by atoms with Crippen LogP contribution in [0.5, 0.6) is 0 Å². The summed E-state index contributed by atoms with van der Waals surface area (Å²) in [5.41, 5.74) is 5.85. The maximum absolute atomic E-state index is 12.1. The fourth-order valence-corrected chi connectivity index (χ4v) is 4.02. The zero-order valence-electron chi connectivity index (χ0n) is 18.6. The average Bonchev–Trinajstić information content (AvgIpc) is 3.44. The number of aromatic nitrogens is 2. The van der Waals surface area contributed by atoms with E-state index in [1.54, 1.807) is 0 Å². The molecule has 0 bridgehead atoms. The fraction of sp³-hybridized carbons (Fsp3) is 0.320. The van der Waals surface area contributed by atoms with Gasteiger partial charge in [-0.1, -0.05) is 69.3 Å². The lowest BCUT2D eigenvalue weighted by Gasteiger charge is -2.10. The van der Waals surface area contributed by atoms with E-state index in [-0.39, 0.29) is 5.92 Å². The maximum atomic E-state index is 12.1. The highest BCUT2D eigenvalue weighted by Crippen LogP contribution is 2.28. The lowest BCUT2D eigenvalue weighted by atomic mass is 9.96. The van der Waals surface area contributed by atoms with Crippen molar-refractivity contribution in [2.24, 2.45) is 15.2 Å². The molecule has 4 rings (SSSR count). The monoisotopic (exact) mass is 429 g/mol. The molecule has 0 unspecified atom stereocenters. The lowest BCUT2D eigenvalue weighted by molar-refractivity contribution is 0.0694. The normalized spacial score (nSPS) is 13.1. The van der Waals surface area contributed by atoms with Gasteiger partial charge in [0, 0.05) is 18.5 Å². The predicted octanol–water partition coefficient (Wildman–Crippen LogP) is 5.54. The van der Waals surface area contributed by atoms with Crippen LogP contribution >= 0.6 is 0 Å². The molecule has 7 heteroatoms. The van der Waals surface area contributed by atoms with Gasteiger partial charge in [0.05, 0.1) is 11.4 Å². The van der Waals surface area contributed by atoms with Gasteiger partial charge in [-0.2, -0.15) is 10.2 Å². The SMILES string of the molecule is CCCn1nc(C(C)C)c(C(=O)O)c1Cc1ccc(-c2ccccc2C2=NCN=N2)cc1. The number of aryl methyl sites for hydroxylation is 1. The van der Waals surface area contributed by atoms with E-state index in [0.717, 1.165) is 34.4 Å². The molecule has 1 N–H and O–H groups in total. The van der Waals surface area contributed by atoms with E-state index < -0.39 is 5.97 Å². The molecule has 0 atom stereocenters. The first kappa shape index (κ1) is 21.6. The van der Waals surface area contributed by atoms with Crippen LogP contribution in [0.4, 0.5) is 0 Å². The quantitative estimate of drug-likeness (QED) is 0.509. The molecule has 2 heterocycles. The molecule has 0 amide bonds. The van der Waals surface area contributed by atoms with Crippen LogP contribution in [0.15, 0.2) is 63.8 Å². The summed E-state index contributed by atoms with van der Waals surface area (Å²) in [6.45, 7) is 7.11. The van der Waals surface area contributed by atoms with Crippen LogP contribution in [0.3, 0.4) is 0 Å². The highest BCUT2D eigenvalue weighted by atomic mass is 16.4. The van der Waals surface area contributed by atoms with Crippen LogP contribution in [-0.2, 0) is 13.0 Å². The van der Waals surface area contributed by atoms with Crippen LogP contribution in [0.1, 0.15) is 66.0 Å². The highest BCUT2D eigenvalue weighted by Gasteiger charge is 2.25. The Kier molecular flexibility index (Phi) is 6.25. The van der Waals surface area contributed by atoms with Gasteiger partial charge in [-0.25, -0.2) is 9.79 Å². The van der Waals surface area contributed by atoms with Gasteiger partial charge >= 0.3 is 5.97 Å². The third kappa shape index (κ3) is 4.23. The van der Waals surface area contributed by atoms with Crippen molar-refractivity contribution in [2.45, 2.75) is 46.1 Å². The van der Waals surface area contributed by atoms with Crippen LogP contribution < -0.4 is 0 Å². The minimum atomic E-state index is -0.914. The molecule has 7 nitrogen and oxygen atoms in total. The Morgan fingerprint density at radius 3 is 2.41 bits per heavy atom. The summed E-state index contributed by atoms with van der Waals surface area (Å²) < 4.78 is 1.87. The molecule has 32 heavy (non-hydrogen) atoms. The molecule has 1 aliphatic heterocycles. The van der Waals surface area contributed by atoms with Gasteiger partial charge in [0.2, 0.25) is 0 Å². The van der Waals surface area contributed by atoms with Crippen LogP contribution in [0, 0.1) is 0 Å². The van der Waals surface area contributed by atoms with Crippen molar-refractivity contribution < 1.29 is 9.90 Å². The van der Waals surface area contributed by atoms with Crippen molar-refractivity contribution in [1.29, 1.82) is 0 Å². The summed E-state index contributed by atoms with van der Waals surface area (Å²) in [7, 11) is 0. The van der Waals surface area contributed by atoms with Gasteiger partial charge in [-0.05, 0) is 29.0 Å². The number of benzene rings is 2. The van der Waals surface area contributed by atoms with Crippen molar-refractivity contribution in [3.63, 3.8) is 0 Å². The maximum Gasteiger partial charge on any atom is 0.339 e. The van der Waals surface area contributed by atoms with Gasteiger partial charge in [0.15, 0.2) is 12.5 Å². The molecule has 0 radical (unpaired) electrons. The molecule has 1 aromatic heterocycles. The molecular formula is C25H27N5O2. The minimum Gasteiger partial charge on any atom is -0.478 e. The Morgan fingerprint density at radius 1 is 1.09 bits per heavy atom. The van der Waals surface area contributed by atoms with E-state index in [0.29, 0.717) is 36.7 Å². The Morgan fingerprint density at radius 2 is 1.81 bits per heavy atom. The molecule has 0 aliphatic carbocycles. The number of amidine groups is 1. The first-order valence-electron chi connectivity index (χ1n) is 10.9. The summed E-state index contributed by atoms with van der Waals surface area (Å²) in [5, 5.41) is 22.6. The second-order valence-corrected chi connectivity index (χ2v) is 8.17. The first-order valence-corrected chi connectivity index (χ1v) is 10.9. The highest BCUT2D eigenvalue weighted by molar-refractivity contribution is 6.05. The van der Waals surface area contributed by atoms with Crippen molar-refractivity contribution in [1.82, 2.24) is 9.78 Å². The zero-order valence-corrected chi connectivity index (χ0v) is 18.6. The molecule has 164 valence electrons. The number of hydrogen-bond donors (Lipinski definition) is 1. The van der Waals surface area contributed by atoms with E-state index in [1.807, 2.05) is 48.9 Å². The van der Waals surface area contributed by atoms with Gasteiger partial charge < -0.3 is 5.11 Å². The molecule has 0 fully saturated rings. The Hall–Kier alpha value is -3.61. The number of aliphatic imine (C=N–C) groups is 1. The third-order valence-electron chi connectivity index (χ3n) is 5.53. The van der Waals surface area contributed by atoms with Crippen molar-refractivity contribution in [3.8, 4) is 11.1 Å². The summed E-state index contributed by atoms with van der Waals surface area (Å²) in [4.78, 5) is 16.4. The van der Waals surface area contributed by atoms with Crippen LogP contribution in [0.25, 0.3) is 11.1 Å². The van der Waals surface area contributed by atoms with E-state index in [9.17, 15) is 9.90 Å². The van der Waals surface area contributed by atoms with E-state index in [1.165, 1.54) is 0 Å². The third-order valence-corrected chi connectivity index (χ3v) is 5.53. The van der Waals surface area contributed by atoms with E-state index in [2.05, 4.69) is 45.4 Å². The summed E-state index contributed by atoms with van der Waals surface area (Å²) in [6.07, 6.45) is 1.41. The van der Waals surface area contributed by atoms with Gasteiger partial charge in [-0.3, -0.25) is 4.68 Å². The fourth-order valence-electron chi connectivity index (χ4n) is 4.02. The number of hydrogen-bond acceptors (Lipinski definition) is 5. The molecule has 0 saturated carbocycles. The number of nitrogens with zero attached hydrogens (tertiary/aromatic N) is 5. The molecule has 3 aromatic rings. The number of rotatable bonds is 8. The second kappa shape index (κ2) is 9.26. The standard InChI is InChI=1S/C25H27N5O2/c1-4-13-30-21(22(25(31)32)23(29-30)16(2)3)14-17-9-11-18(12-10-17)19-7-5-6-8-20(19)24-26-15-27-28-24/h5-12,16H,4,13-15H2,1-3H3,(H,31,32). The number of carboxylic acids is 1. The summed E-state index contributed by atoms with van der Waals surface area (Å²) >= 11 is 0. The molecule has 1 aliphatic rings. The van der Waals surface area contributed by atoms with Crippen molar-refractivity contribution in [2.75, 3.05) is 6.67 Å². The molecule has 2 aromatic carbocycles. The van der Waals surface area contributed by atoms with E-state index in [4.69, 9.17) is 0 Å². The number of aromatic carboxylic acids is 1. The molecule has 0 saturated heterocycles. The lowest BCUT2D eigenvalue weighted by Crippen LogP contribution is -2.09. The zero-order chi connectivity index (χ0) is 22.7. The second-order valence-electron chi connectivity index (χ2n) is 8.17. The van der Waals surface area contributed by atoms with E-state index >= 15 is 0 Å². The predicted molar refractivity (Wildman–Crippen MR) is 125 cm³/mol. The Bertz CT molecular complexity index is 1190. The van der Waals surface area contributed by atoms with Gasteiger partial charge in [0.1, 0.15) is 5.56 Å². The average molecular weight is 430 g/mol. The first-order chi connectivity index (χ1) is 15.5. The molecular weight excluding hydrogens is 402 g/mol. The minimum absolute atomic E-state index is 0.0486. The van der Waals surface area contributed by atoms with Gasteiger partial charge in [0.25, 0.3) is 0 Å². The smallest absolute Gasteiger partial charge is 0.339 e. The van der Waals surface area contributed by atoms with Gasteiger partial charge in [-0.15, -0.1) is 5.11 Å². The number of carboxylic acid groups (broad SMARTS) is 1. The van der Waals surface area contributed by atoms with Crippen molar-refractivity contribution in [3.05, 3.63) is 76.6 Å². The summed E-state index contributed by atoms with van der Waals surface area (Å²) in [6, 6.07) is 16.2. The number of carbonyl (C=O) groups is 1. The van der Waals surface area contributed by atoms with Crippen LogP contribution in [-0.4, -0.2) is 33.4 Å². The molecule has 0 spiro atoms. The topological polar surface area (TPSA) is 92.2 Å². The summed E-state index contributed by atoms with van der Waals surface area (Å²) in [5.74, 6) is -0.212. The Labute approximate surface area is 187 Å².